The lowest BCUT2D eigenvalue weighted by atomic mass is 10.2. The number of rotatable bonds is 7. The molecule has 0 aliphatic carbocycles. The number of alkyl halides is 3. The Morgan fingerprint density at radius 2 is 1.84 bits per heavy atom. The van der Waals surface area contributed by atoms with E-state index in [9.17, 15) is 13.2 Å². The molecule has 0 aliphatic rings. The first-order chi connectivity index (χ1) is 8.96. The summed E-state index contributed by atoms with van der Waals surface area (Å²) in [5.74, 6) is -0.208. The molecule has 1 N–H and O–H groups in total. The molecule has 0 aromatic heterocycles. The van der Waals surface area contributed by atoms with Crippen LogP contribution in [0.4, 0.5) is 13.2 Å². The second kappa shape index (κ2) is 7.23. The van der Waals surface area contributed by atoms with Gasteiger partial charge in [-0.2, -0.15) is 0 Å². The highest BCUT2D eigenvalue weighted by atomic mass is 19.4. The van der Waals surface area contributed by atoms with Gasteiger partial charge in [0.2, 0.25) is 0 Å². The summed E-state index contributed by atoms with van der Waals surface area (Å²) in [6.07, 6.45) is -3.27. The van der Waals surface area contributed by atoms with Crippen LogP contribution in [0.2, 0.25) is 0 Å². The number of ether oxygens (including phenoxy) is 2. The Morgan fingerprint density at radius 1 is 1.21 bits per heavy atom. The van der Waals surface area contributed by atoms with Crippen molar-refractivity contribution in [2.45, 2.75) is 32.2 Å². The van der Waals surface area contributed by atoms with Crippen LogP contribution in [0, 0.1) is 0 Å². The topological polar surface area (TPSA) is 30.5 Å². The van der Waals surface area contributed by atoms with E-state index in [1.807, 2.05) is 6.92 Å². The molecule has 0 amide bonds. The van der Waals surface area contributed by atoms with Crippen LogP contribution in [0.15, 0.2) is 24.3 Å². The monoisotopic (exact) mass is 277 g/mol. The van der Waals surface area contributed by atoms with Crippen molar-refractivity contribution in [1.82, 2.24) is 5.32 Å². The van der Waals surface area contributed by atoms with Crippen molar-refractivity contribution < 1.29 is 22.6 Å². The summed E-state index contributed by atoms with van der Waals surface area (Å²) in [6.45, 7) is 2.55. The zero-order valence-electron chi connectivity index (χ0n) is 11.0. The van der Waals surface area contributed by atoms with Crippen molar-refractivity contribution in [1.29, 1.82) is 0 Å². The molecule has 3 nitrogen and oxygen atoms in total. The molecule has 0 spiro atoms. The molecule has 0 saturated heterocycles. The highest BCUT2D eigenvalue weighted by Gasteiger charge is 2.32. The summed E-state index contributed by atoms with van der Waals surface area (Å²) in [6, 6.07) is 5.80. The average molecular weight is 277 g/mol. The van der Waals surface area contributed by atoms with E-state index in [-0.39, 0.29) is 17.6 Å². The first-order valence-corrected chi connectivity index (χ1v) is 6.12. The molecule has 1 atom stereocenters. The minimum atomic E-state index is -4.72. The molecule has 0 bridgehead atoms. The molecular weight excluding hydrogens is 259 g/mol. The van der Waals surface area contributed by atoms with E-state index in [1.54, 1.807) is 13.1 Å². The number of hydrogen-bond donors (Lipinski definition) is 1. The Labute approximate surface area is 110 Å². The summed E-state index contributed by atoms with van der Waals surface area (Å²) in [5, 5.41) is 2.95. The van der Waals surface area contributed by atoms with Gasteiger partial charge < -0.3 is 14.8 Å². The molecule has 0 radical (unpaired) electrons. The van der Waals surface area contributed by atoms with Gasteiger partial charge in [-0.25, -0.2) is 0 Å². The highest BCUT2D eigenvalue weighted by Crippen LogP contribution is 2.32. The lowest BCUT2D eigenvalue weighted by Crippen LogP contribution is -2.29. The van der Waals surface area contributed by atoms with Crippen LogP contribution in [-0.4, -0.2) is 26.1 Å². The molecule has 6 heteroatoms. The molecule has 108 valence electrons. The number of para-hydroxylation sites is 2. The van der Waals surface area contributed by atoms with Gasteiger partial charge in [0.15, 0.2) is 11.5 Å². The third kappa shape index (κ3) is 5.83. The lowest BCUT2D eigenvalue weighted by Gasteiger charge is -2.20. The van der Waals surface area contributed by atoms with Gasteiger partial charge in [0.05, 0.1) is 0 Å². The first kappa shape index (κ1) is 15.6. The molecule has 1 aromatic rings. The predicted octanol–water partition coefficient (Wildman–Crippen LogP) is 3.35. The minimum absolute atomic E-state index is 0.105. The molecule has 19 heavy (non-hydrogen) atoms. The Kier molecular flexibility index (Phi) is 5.95. The van der Waals surface area contributed by atoms with Crippen LogP contribution in [-0.2, 0) is 0 Å². The maximum atomic E-state index is 12.3. The van der Waals surface area contributed by atoms with Crippen molar-refractivity contribution in [2.75, 3.05) is 13.6 Å². The van der Waals surface area contributed by atoms with Gasteiger partial charge in [-0.15, -0.1) is 13.2 Å². The van der Waals surface area contributed by atoms with E-state index in [0.717, 1.165) is 12.8 Å². The Balaban J connectivity index is 2.81. The van der Waals surface area contributed by atoms with E-state index >= 15 is 0 Å². The fourth-order valence-electron chi connectivity index (χ4n) is 1.69. The molecule has 0 aliphatic heterocycles. The molecule has 1 unspecified atom stereocenters. The largest absolute Gasteiger partial charge is 0.573 e. The van der Waals surface area contributed by atoms with E-state index in [2.05, 4.69) is 10.1 Å². The van der Waals surface area contributed by atoms with Crippen LogP contribution in [0.1, 0.15) is 19.8 Å². The van der Waals surface area contributed by atoms with E-state index in [1.165, 1.54) is 18.2 Å². The Morgan fingerprint density at radius 3 is 2.37 bits per heavy atom. The smallest absolute Gasteiger partial charge is 0.485 e. The van der Waals surface area contributed by atoms with E-state index in [4.69, 9.17) is 4.74 Å². The normalized spacial score (nSPS) is 13.1. The second-order valence-electron chi connectivity index (χ2n) is 4.08. The van der Waals surface area contributed by atoms with Crippen LogP contribution in [0.5, 0.6) is 11.5 Å². The number of hydrogen-bond acceptors (Lipinski definition) is 3. The summed E-state index contributed by atoms with van der Waals surface area (Å²) in [5.41, 5.74) is 0. The zero-order valence-corrected chi connectivity index (χ0v) is 11.0. The second-order valence-corrected chi connectivity index (χ2v) is 4.08. The summed E-state index contributed by atoms with van der Waals surface area (Å²) >= 11 is 0. The van der Waals surface area contributed by atoms with Gasteiger partial charge in [0, 0.05) is 6.54 Å². The standard InChI is InChI=1S/C13H18F3NO2/c1-3-6-10(9-17-2)18-11-7-4-5-8-12(11)19-13(14,15)16/h4-5,7-8,10,17H,3,6,9H2,1-2H3. The molecule has 0 fully saturated rings. The maximum absolute atomic E-state index is 12.3. The van der Waals surface area contributed by atoms with Crippen molar-refractivity contribution in [3.63, 3.8) is 0 Å². The average Bonchev–Trinajstić information content (AvgIpc) is 2.30. The van der Waals surface area contributed by atoms with Crippen molar-refractivity contribution in [3.05, 3.63) is 24.3 Å². The van der Waals surface area contributed by atoms with E-state index < -0.39 is 6.36 Å². The third-order valence-corrected chi connectivity index (χ3v) is 2.41. The predicted molar refractivity (Wildman–Crippen MR) is 66.4 cm³/mol. The van der Waals surface area contributed by atoms with Crippen molar-refractivity contribution >= 4 is 0 Å². The molecule has 0 saturated carbocycles. The van der Waals surface area contributed by atoms with Crippen LogP contribution in [0.25, 0.3) is 0 Å². The Hall–Kier alpha value is -1.43. The van der Waals surface area contributed by atoms with Crippen LogP contribution in [0.3, 0.4) is 0 Å². The number of nitrogens with one attached hydrogen (secondary N) is 1. The summed E-state index contributed by atoms with van der Waals surface area (Å²) in [4.78, 5) is 0. The van der Waals surface area contributed by atoms with Gasteiger partial charge in [0.25, 0.3) is 0 Å². The molecule has 1 aromatic carbocycles. The molecule has 1 rings (SSSR count). The number of benzene rings is 1. The molecular formula is C13H18F3NO2. The van der Waals surface area contributed by atoms with Crippen molar-refractivity contribution in [2.24, 2.45) is 0 Å². The van der Waals surface area contributed by atoms with Gasteiger partial charge >= 0.3 is 6.36 Å². The van der Waals surface area contributed by atoms with Crippen LogP contribution >= 0.6 is 0 Å². The first-order valence-electron chi connectivity index (χ1n) is 6.12. The highest BCUT2D eigenvalue weighted by molar-refractivity contribution is 5.39. The van der Waals surface area contributed by atoms with Crippen LogP contribution < -0.4 is 14.8 Å². The quantitative estimate of drug-likeness (QED) is 0.829. The van der Waals surface area contributed by atoms with Gasteiger partial charge in [0.1, 0.15) is 6.10 Å². The van der Waals surface area contributed by atoms with Crippen molar-refractivity contribution in [3.8, 4) is 11.5 Å². The zero-order chi connectivity index (χ0) is 14.3. The summed E-state index contributed by atoms with van der Waals surface area (Å²) < 4.78 is 46.3. The SMILES string of the molecule is CCCC(CNC)Oc1ccccc1OC(F)(F)F. The van der Waals surface area contributed by atoms with Gasteiger partial charge in [-0.05, 0) is 25.6 Å². The van der Waals surface area contributed by atoms with E-state index in [0.29, 0.717) is 6.54 Å². The number of likely N-dealkylation sites (N-methyl/N-ethyl adjacent to an activating group) is 1. The Bertz CT molecular complexity index is 376. The van der Waals surface area contributed by atoms with Gasteiger partial charge in [-0.1, -0.05) is 25.5 Å². The maximum Gasteiger partial charge on any atom is 0.573 e. The summed E-state index contributed by atoms with van der Waals surface area (Å²) in [7, 11) is 1.77. The third-order valence-electron chi connectivity index (χ3n) is 2.41. The lowest BCUT2D eigenvalue weighted by molar-refractivity contribution is -0.275. The fourth-order valence-corrected chi connectivity index (χ4v) is 1.69. The molecule has 0 heterocycles. The minimum Gasteiger partial charge on any atom is -0.485 e. The number of halogens is 3. The van der Waals surface area contributed by atoms with Gasteiger partial charge in [-0.3, -0.25) is 0 Å². The fraction of sp³-hybridized carbons (Fsp3) is 0.538.